The first kappa shape index (κ1) is 13.8. The Bertz CT molecular complexity index is 234. The minimum atomic E-state index is -0.164. The molecule has 1 fully saturated rings. The third-order valence-electron chi connectivity index (χ3n) is 4.12. The third-order valence-corrected chi connectivity index (χ3v) is 4.12. The van der Waals surface area contributed by atoms with Crippen LogP contribution in [-0.4, -0.2) is 11.2 Å². The molecular weight excluding hydrogens is 196 g/mol. The van der Waals surface area contributed by atoms with E-state index in [-0.39, 0.29) is 6.10 Å². The molecule has 1 saturated carbocycles. The van der Waals surface area contributed by atoms with Crippen LogP contribution in [0, 0.1) is 17.3 Å². The van der Waals surface area contributed by atoms with Crippen LogP contribution in [0.3, 0.4) is 0 Å². The highest BCUT2D eigenvalue weighted by atomic mass is 16.3. The Morgan fingerprint density at radius 1 is 1.44 bits per heavy atom. The van der Waals surface area contributed by atoms with E-state index in [1.54, 1.807) is 0 Å². The molecule has 0 amide bonds. The lowest BCUT2D eigenvalue weighted by atomic mass is 9.67. The van der Waals surface area contributed by atoms with E-state index in [9.17, 15) is 5.11 Å². The molecule has 0 spiro atoms. The van der Waals surface area contributed by atoms with Crippen LogP contribution in [0.2, 0.25) is 0 Å². The molecule has 3 unspecified atom stereocenters. The summed E-state index contributed by atoms with van der Waals surface area (Å²) < 4.78 is 0. The molecule has 0 bridgehead atoms. The average Bonchev–Trinajstić information content (AvgIpc) is 2.14. The molecule has 94 valence electrons. The predicted octanol–water partition coefficient (Wildman–Crippen LogP) is 4.17. The van der Waals surface area contributed by atoms with Crippen molar-refractivity contribution in [2.24, 2.45) is 17.3 Å². The second kappa shape index (κ2) is 5.35. The standard InChI is InChI=1S/C15H28O/c1-11-6-9-14(15(3,4)5)10-13(11)8-7-12(2)16/h12-14,16H,1,6-10H2,2-5H3. The van der Waals surface area contributed by atoms with Crippen molar-refractivity contribution >= 4 is 0 Å². The number of rotatable bonds is 3. The van der Waals surface area contributed by atoms with Gasteiger partial charge in [-0.3, -0.25) is 0 Å². The molecule has 0 aromatic heterocycles. The normalized spacial score (nSPS) is 29.2. The summed E-state index contributed by atoms with van der Waals surface area (Å²) in [6.45, 7) is 13.1. The van der Waals surface area contributed by atoms with Crippen LogP contribution >= 0.6 is 0 Å². The van der Waals surface area contributed by atoms with Crippen molar-refractivity contribution in [2.45, 2.75) is 65.9 Å². The molecule has 0 aliphatic heterocycles. The van der Waals surface area contributed by atoms with Gasteiger partial charge < -0.3 is 5.11 Å². The Morgan fingerprint density at radius 2 is 2.06 bits per heavy atom. The fourth-order valence-corrected chi connectivity index (χ4v) is 2.74. The van der Waals surface area contributed by atoms with E-state index in [0.717, 1.165) is 18.8 Å². The molecule has 1 aliphatic carbocycles. The van der Waals surface area contributed by atoms with Crippen LogP contribution in [0.1, 0.15) is 59.8 Å². The quantitative estimate of drug-likeness (QED) is 0.713. The van der Waals surface area contributed by atoms with Crippen LogP contribution in [0.5, 0.6) is 0 Å². The molecule has 0 saturated heterocycles. The van der Waals surface area contributed by atoms with Crippen molar-refractivity contribution in [3.05, 3.63) is 12.2 Å². The smallest absolute Gasteiger partial charge is 0.0512 e. The zero-order chi connectivity index (χ0) is 12.3. The van der Waals surface area contributed by atoms with E-state index >= 15 is 0 Å². The summed E-state index contributed by atoms with van der Waals surface area (Å²) in [7, 11) is 0. The molecular formula is C15H28O. The lowest BCUT2D eigenvalue weighted by molar-refractivity contribution is 0.143. The maximum absolute atomic E-state index is 9.37. The molecule has 0 aromatic rings. The van der Waals surface area contributed by atoms with Crippen molar-refractivity contribution in [1.29, 1.82) is 0 Å². The Labute approximate surface area is 101 Å². The summed E-state index contributed by atoms with van der Waals surface area (Å²) in [5.41, 5.74) is 1.84. The van der Waals surface area contributed by atoms with Gasteiger partial charge in [-0.2, -0.15) is 0 Å². The molecule has 1 N–H and O–H groups in total. The summed E-state index contributed by atoms with van der Waals surface area (Å²) >= 11 is 0. The minimum absolute atomic E-state index is 0.164. The molecule has 1 heteroatoms. The van der Waals surface area contributed by atoms with E-state index in [1.807, 2.05) is 6.92 Å². The first-order valence-corrected chi connectivity index (χ1v) is 6.66. The van der Waals surface area contributed by atoms with Gasteiger partial charge >= 0.3 is 0 Å². The highest BCUT2D eigenvalue weighted by molar-refractivity contribution is 5.06. The van der Waals surface area contributed by atoms with E-state index in [1.165, 1.54) is 24.8 Å². The van der Waals surface area contributed by atoms with Gasteiger partial charge in [-0.05, 0) is 56.3 Å². The number of aliphatic hydroxyl groups is 1. The predicted molar refractivity (Wildman–Crippen MR) is 70.3 cm³/mol. The molecule has 1 nitrogen and oxygen atoms in total. The summed E-state index contributed by atoms with van der Waals surface area (Å²) in [4.78, 5) is 0. The molecule has 0 aromatic carbocycles. The second-order valence-corrected chi connectivity index (χ2v) is 6.62. The fourth-order valence-electron chi connectivity index (χ4n) is 2.74. The topological polar surface area (TPSA) is 20.2 Å². The monoisotopic (exact) mass is 224 g/mol. The highest BCUT2D eigenvalue weighted by Crippen LogP contribution is 2.43. The van der Waals surface area contributed by atoms with E-state index < -0.39 is 0 Å². The van der Waals surface area contributed by atoms with Crippen LogP contribution < -0.4 is 0 Å². The van der Waals surface area contributed by atoms with Crippen LogP contribution in [0.25, 0.3) is 0 Å². The Kier molecular flexibility index (Phi) is 4.61. The largest absolute Gasteiger partial charge is 0.393 e. The van der Waals surface area contributed by atoms with Gasteiger partial charge in [0.2, 0.25) is 0 Å². The van der Waals surface area contributed by atoms with Gasteiger partial charge in [-0.15, -0.1) is 0 Å². The SMILES string of the molecule is C=C1CCC(C(C)(C)C)CC1CCC(C)O. The van der Waals surface area contributed by atoms with Gasteiger partial charge in [-0.1, -0.05) is 32.9 Å². The minimum Gasteiger partial charge on any atom is -0.393 e. The first-order valence-electron chi connectivity index (χ1n) is 6.66. The van der Waals surface area contributed by atoms with Crippen molar-refractivity contribution < 1.29 is 5.11 Å². The van der Waals surface area contributed by atoms with Gasteiger partial charge in [0.25, 0.3) is 0 Å². The molecule has 0 radical (unpaired) electrons. The van der Waals surface area contributed by atoms with Crippen molar-refractivity contribution in [3.8, 4) is 0 Å². The van der Waals surface area contributed by atoms with Crippen LogP contribution in [0.15, 0.2) is 12.2 Å². The van der Waals surface area contributed by atoms with Gasteiger partial charge in [0.05, 0.1) is 6.10 Å². The fraction of sp³-hybridized carbons (Fsp3) is 0.867. The maximum Gasteiger partial charge on any atom is 0.0512 e. The number of aliphatic hydroxyl groups excluding tert-OH is 1. The average molecular weight is 224 g/mol. The summed E-state index contributed by atoms with van der Waals surface area (Å²) in [6.07, 6.45) is 5.63. The Hall–Kier alpha value is -0.300. The summed E-state index contributed by atoms with van der Waals surface area (Å²) in [5.74, 6) is 1.46. The maximum atomic E-state index is 9.37. The van der Waals surface area contributed by atoms with Gasteiger partial charge in [0.15, 0.2) is 0 Å². The van der Waals surface area contributed by atoms with Crippen molar-refractivity contribution in [2.75, 3.05) is 0 Å². The van der Waals surface area contributed by atoms with Crippen molar-refractivity contribution in [1.82, 2.24) is 0 Å². The zero-order valence-electron chi connectivity index (χ0n) is 11.4. The van der Waals surface area contributed by atoms with Crippen LogP contribution in [-0.2, 0) is 0 Å². The lowest BCUT2D eigenvalue weighted by Gasteiger charge is -2.39. The number of allylic oxidation sites excluding steroid dienone is 1. The molecule has 3 atom stereocenters. The first-order chi connectivity index (χ1) is 7.30. The molecule has 0 heterocycles. The summed E-state index contributed by atoms with van der Waals surface area (Å²) in [5, 5.41) is 9.37. The zero-order valence-corrected chi connectivity index (χ0v) is 11.4. The van der Waals surface area contributed by atoms with E-state index in [2.05, 4.69) is 27.4 Å². The lowest BCUT2D eigenvalue weighted by Crippen LogP contribution is -2.28. The van der Waals surface area contributed by atoms with E-state index in [4.69, 9.17) is 0 Å². The Morgan fingerprint density at radius 3 is 2.56 bits per heavy atom. The molecule has 1 rings (SSSR count). The van der Waals surface area contributed by atoms with Gasteiger partial charge in [0, 0.05) is 0 Å². The van der Waals surface area contributed by atoms with Gasteiger partial charge in [0.1, 0.15) is 0 Å². The Balaban J connectivity index is 2.52. The molecule has 16 heavy (non-hydrogen) atoms. The van der Waals surface area contributed by atoms with Crippen molar-refractivity contribution in [3.63, 3.8) is 0 Å². The highest BCUT2D eigenvalue weighted by Gasteiger charge is 2.31. The molecule has 1 aliphatic rings. The van der Waals surface area contributed by atoms with Crippen LogP contribution in [0.4, 0.5) is 0 Å². The number of hydrogen-bond acceptors (Lipinski definition) is 1. The summed E-state index contributed by atoms with van der Waals surface area (Å²) in [6, 6.07) is 0. The van der Waals surface area contributed by atoms with E-state index in [0.29, 0.717) is 11.3 Å². The third kappa shape index (κ3) is 3.93. The number of hydrogen-bond donors (Lipinski definition) is 1. The second-order valence-electron chi connectivity index (χ2n) is 6.62. The van der Waals surface area contributed by atoms with Gasteiger partial charge in [-0.25, -0.2) is 0 Å².